The standard InChI is InChI=1S/C68H75ClFN12O14S/c1-38(2)58(73-33-49(83)59(85)60(86)50(84)34-76-80-71)64(88)77-40(4)63(87)79-45-20-14-41(15-21-45)35-95-68(91)82-28-26-81(27-29-82)30-31-93-53-23-22-47(39(3)57(53)69)55-56-65(74-37-75-66(56)97-61(55)42-16-18-44(70)19-17-42)96-54(67(89)90)32-43-10-6-8-12-51(43)94-36-46-24-25-72-62(78-46)48-11-7-9-13-52(48)92-5/h6-25,37-38,40,49-50,54,58-60,73,83-86H,26-36H2,1-5H3,(H4-,71,76,77,79,87,88,89,90)/q-1/t40-,49-,50+,54+,58-,59+,60-/m0/s1. The third kappa shape index (κ3) is 18.5. The van der Waals surface area contributed by atoms with Crippen LogP contribution in [-0.2, 0) is 38.8 Å². The number of nitrogens with zero attached hydrogens (tertiary/aromatic N) is 8. The number of rotatable bonds is 32. The minimum atomic E-state index is -1.81. The van der Waals surface area contributed by atoms with Gasteiger partial charge < -0.3 is 81.0 Å². The van der Waals surface area contributed by atoms with Gasteiger partial charge in [-0.1, -0.05) is 86.1 Å². The number of aromatic nitrogens is 4. The number of carbonyl (C=O) groups excluding carboxylic acids is 3. The van der Waals surface area contributed by atoms with Crippen molar-refractivity contribution in [3.63, 3.8) is 0 Å². The zero-order chi connectivity index (χ0) is 69.3. The Morgan fingerprint density at radius 2 is 1.48 bits per heavy atom. The van der Waals surface area contributed by atoms with E-state index in [4.69, 9.17) is 45.8 Å². The maximum Gasteiger partial charge on any atom is 0.410 e. The average Bonchev–Trinajstić information content (AvgIpc) is 1.61. The number of fused-ring (bicyclic) bond motifs is 1. The molecule has 0 spiro atoms. The van der Waals surface area contributed by atoms with Gasteiger partial charge in [0.2, 0.25) is 23.8 Å². The van der Waals surface area contributed by atoms with Gasteiger partial charge in [-0.25, -0.2) is 33.9 Å². The van der Waals surface area contributed by atoms with Crippen LogP contribution in [-0.4, -0.2) is 181 Å². The number of anilines is 1. The van der Waals surface area contributed by atoms with E-state index in [1.54, 1.807) is 105 Å². The van der Waals surface area contributed by atoms with E-state index >= 15 is 0 Å². The number of thiophene rings is 1. The quantitative estimate of drug-likeness (QED) is 0.0145. The Morgan fingerprint density at radius 3 is 2.19 bits per heavy atom. The molecule has 1 fully saturated rings. The second-order valence-corrected chi connectivity index (χ2v) is 24.6. The summed E-state index contributed by atoms with van der Waals surface area (Å²) in [5, 5.41) is 63.2. The number of amides is 3. The third-order valence-electron chi connectivity index (χ3n) is 16.2. The van der Waals surface area contributed by atoms with Gasteiger partial charge in [0.25, 0.3) is 0 Å². The number of nitrogens with one attached hydrogen (secondary N) is 4. The van der Waals surface area contributed by atoms with Crippen molar-refractivity contribution in [2.45, 2.75) is 89.9 Å². The van der Waals surface area contributed by atoms with E-state index in [1.807, 2.05) is 42.7 Å². The van der Waals surface area contributed by atoms with Crippen LogP contribution in [0.25, 0.3) is 48.7 Å². The SMILES string of the molecule is COc1ccccc1-c1nccc(COc2ccccc2C[C@@H](Oc2ncnc3sc(-c4ccc(F)cc4)c(-c4ccc(OCCN5CCN(C(=O)OCc6ccc(NC(=O)[C@H](C)NC(=O)[C@@H](NC[C@H](O)[C@@H](O)[C@@H](O)[C@H](O)CNN=[N-])C(C)C)cc6)CC5)c(Cl)c4C)c23)C(=O)O)n1. The Bertz CT molecular complexity index is 4020. The number of hydrogen-bond donors (Lipinski definition) is 9. The summed E-state index contributed by atoms with van der Waals surface area (Å²) in [6.07, 6.45) is -5.92. The fourth-order valence-corrected chi connectivity index (χ4v) is 12.1. The number of benzene rings is 5. The van der Waals surface area contributed by atoms with E-state index in [2.05, 4.69) is 41.0 Å². The van der Waals surface area contributed by atoms with Gasteiger partial charge in [-0.2, -0.15) is 0 Å². The molecule has 26 nitrogen and oxygen atoms in total. The summed E-state index contributed by atoms with van der Waals surface area (Å²) in [5.74, 6) is -1.19. The van der Waals surface area contributed by atoms with Crippen LogP contribution in [0.1, 0.15) is 43.2 Å². The van der Waals surface area contributed by atoms with Crippen LogP contribution in [0.2, 0.25) is 5.02 Å². The van der Waals surface area contributed by atoms with Crippen LogP contribution in [0.3, 0.4) is 0 Å². The van der Waals surface area contributed by atoms with Crippen LogP contribution in [0.15, 0.2) is 133 Å². The van der Waals surface area contributed by atoms with Gasteiger partial charge in [0, 0.05) is 68.0 Å². The third-order valence-corrected chi connectivity index (χ3v) is 17.8. The molecule has 512 valence electrons. The molecule has 0 saturated carbocycles. The first kappa shape index (κ1) is 71.8. The normalized spacial score (nSPS) is 14.7. The maximum atomic E-state index is 14.4. The maximum absolute atomic E-state index is 14.4. The molecule has 0 unspecified atom stereocenters. The number of hydrogen-bond acceptors (Lipinski definition) is 21. The molecule has 4 heterocycles. The van der Waals surface area contributed by atoms with E-state index in [9.17, 15) is 49.1 Å². The molecular weight excluding hydrogens is 1300 g/mol. The number of aliphatic hydroxyl groups is 4. The molecule has 29 heteroatoms. The molecule has 8 aromatic rings. The average molecular weight is 1370 g/mol. The summed E-state index contributed by atoms with van der Waals surface area (Å²) in [7, 11) is 1.58. The largest absolute Gasteiger partial charge is 0.496 e. The monoisotopic (exact) mass is 1370 g/mol. The van der Waals surface area contributed by atoms with Crippen LogP contribution in [0, 0.1) is 18.7 Å². The minimum Gasteiger partial charge on any atom is -0.496 e. The highest BCUT2D eigenvalue weighted by Crippen LogP contribution is 2.49. The Balaban J connectivity index is 0.771. The lowest BCUT2D eigenvalue weighted by molar-refractivity contribution is -0.145. The summed E-state index contributed by atoms with van der Waals surface area (Å²) in [4.78, 5) is 75.9. The predicted molar refractivity (Wildman–Crippen MR) is 359 cm³/mol. The Labute approximate surface area is 567 Å². The van der Waals surface area contributed by atoms with Gasteiger partial charge in [-0.15, -0.1) is 11.3 Å². The fraction of sp³-hybridized carbons (Fsp3) is 0.353. The highest BCUT2D eigenvalue weighted by Gasteiger charge is 2.33. The Kier molecular flexibility index (Phi) is 25.1. The number of carboxylic acids is 1. The number of aliphatic hydroxyl groups excluding tert-OH is 4. The lowest BCUT2D eigenvalue weighted by atomic mass is 9.96. The van der Waals surface area contributed by atoms with Crippen LogP contribution in [0.4, 0.5) is 14.9 Å². The topological polar surface area (TPSA) is 356 Å². The summed E-state index contributed by atoms with van der Waals surface area (Å²) in [6, 6.07) is 30.6. The minimum absolute atomic E-state index is 0.00746. The number of piperazine rings is 1. The second-order valence-electron chi connectivity index (χ2n) is 23.2. The van der Waals surface area contributed by atoms with Crippen LogP contribution in [0.5, 0.6) is 23.1 Å². The fourth-order valence-electron chi connectivity index (χ4n) is 10.7. The van der Waals surface area contributed by atoms with Crippen molar-refractivity contribution < 1.29 is 72.8 Å². The van der Waals surface area contributed by atoms with E-state index in [0.717, 1.165) is 0 Å². The molecule has 1 aliphatic heterocycles. The number of para-hydroxylation sites is 2. The van der Waals surface area contributed by atoms with Crippen molar-refractivity contribution in [1.82, 2.24) is 45.8 Å². The molecule has 7 atom stereocenters. The molecule has 1 aliphatic rings. The molecule has 97 heavy (non-hydrogen) atoms. The van der Waals surface area contributed by atoms with Gasteiger partial charge in [0.05, 0.1) is 47.0 Å². The molecule has 5 aromatic carbocycles. The molecule has 0 radical (unpaired) electrons. The number of ether oxygens (including phenoxy) is 5. The van der Waals surface area contributed by atoms with Crippen molar-refractivity contribution in [3.8, 4) is 56.1 Å². The van der Waals surface area contributed by atoms with Crippen LogP contribution >= 0.6 is 22.9 Å². The molecule has 0 aliphatic carbocycles. The molecule has 1 saturated heterocycles. The number of carboxylic acid groups (broad SMARTS) is 1. The predicted octanol–water partition coefficient (Wildman–Crippen LogP) is 7.61. The Hall–Kier alpha value is -9.52. The molecule has 3 amide bonds. The highest BCUT2D eigenvalue weighted by molar-refractivity contribution is 7.22. The number of carbonyl (C=O) groups is 4. The van der Waals surface area contributed by atoms with E-state index in [1.165, 1.54) is 36.7 Å². The molecule has 9 N–H and O–H groups in total. The smallest absolute Gasteiger partial charge is 0.410 e. The van der Waals surface area contributed by atoms with Crippen molar-refractivity contribution in [2.24, 2.45) is 11.1 Å². The molecule has 9 rings (SSSR count). The Morgan fingerprint density at radius 1 is 0.784 bits per heavy atom. The molecule has 3 aromatic heterocycles. The molecule has 0 bridgehead atoms. The zero-order valence-electron chi connectivity index (χ0n) is 53.7. The molecular formula is C68H75ClFN12O14S-. The summed E-state index contributed by atoms with van der Waals surface area (Å²) >= 11 is 8.47. The summed E-state index contributed by atoms with van der Waals surface area (Å²) < 4.78 is 44.6. The van der Waals surface area contributed by atoms with Gasteiger partial charge in [0.1, 0.15) is 72.3 Å². The second kappa shape index (κ2) is 33.9. The van der Waals surface area contributed by atoms with Gasteiger partial charge in [0.15, 0.2) is 5.82 Å². The van der Waals surface area contributed by atoms with Gasteiger partial charge in [-0.3, -0.25) is 19.7 Å². The first-order chi connectivity index (χ1) is 46.7. The lowest BCUT2D eigenvalue weighted by Crippen LogP contribution is -2.56. The van der Waals surface area contributed by atoms with Crippen molar-refractivity contribution in [1.29, 1.82) is 0 Å². The van der Waals surface area contributed by atoms with Gasteiger partial charge >= 0.3 is 12.1 Å². The summed E-state index contributed by atoms with van der Waals surface area (Å²) in [6.45, 7) is 8.72. The van der Waals surface area contributed by atoms with Gasteiger partial charge in [-0.05, 0) is 109 Å². The van der Waals surface area contributed by atoms with Crippen molar-refractivity contribution in [2.75, 3.05) is 64.8 Å². The van der Waals surface area contributed by atoms with Crippen molar-refractivity contribution in [3.05, 3.63) is 167 Å². The highest BCUT2D eigenvalue weighted by atomic mass is 35.5. The lowest BCUT2D eigenvalue weighted by Gasteiger charge is -2.34. The summed E-state index contributed by atoms with van der Waals surface area (Å²) in [5.41, 5.74) is 16.0. The van der Waals surface area contributed by atoms with E-state index < -0.39 is 78.8 Å². The van der Waals surface area contributed by atoms with Crippen LogP contribution < -0.4 is 40.3 Å². The number of aliphatic carboxylic acids is 1. The number of halogens is 2. The van der Waals surface area contributed by atoms with Crippen molar-refractivity contribution >= 4 is 62.7 Å². The number of methoxy groups -OCH3 is 1. The van der Waals surface area contributed by atoms with E-state index in [-0.39, 0.29) is 44.6 Å². The first-order valence-electron chi connectivity index (χ1n) is 31.1. The zero-order valence-corrected chi connectivity index (χ0v) is 55.2. The van der Waals surface area contributed by atoms with E-state index in [0.29, 0.717) is 126 Å². The first-order valence-corrected chi connectivity index (χ1v) is 32.3.